The number of carbonyl (C=O) groups excluding carboxylic acids is 1. The van der Waals surface area contributed by atoms with Gasteiger partial charge >= 0.3 is 12.4 Å². The number of carbonyl (C=O) groups is 1. The van der Waals surface area contributed by atoms with Crippen molar-refractivity contribution in [2.45, 2.75) is 31.4 Å². The molecule has 0 radical (unpaired) electrons. The first-order valence-electron chi connectivity index (χ1n) is 11.3. The Bertz CT molecular complexity index is 1150. The van der Waals surface area contributed by atoms with Gasteiger partial charge in [0.1, 0.15) is 0 Å². The first kappa shape index (κ1) is 25.7. The zero-order valence-corrected chi connectivity index (χ0v) is 19.1. The third-order valence-electron chi connectivity index (χ3n) is 6.11. The molecule has 1 unspecified atom stereocenters. The number of hydrogen-bond donors (Lipinski definition) is 0. The third kappa shape index (κ3) is 6.23. The molecule has 1 aliphatic rings. The number of pyridine rings is 1. The standard InChI is InChI=1S/C26H23F6N3O/c27-25(28,29)21-12-20(13-22(14-21)26(30,31)32)24(36)35-10-9-34(16-19-7-4-8-33-15-19)17-23(35)11-18-5-2-1-3-6-18/h1-8,12-15,23H,9-11,16-17H2. The van der Waals surface area contributed by atoms with E-state index in [9.17, 15) is 31.1 Å². The van der Waals surface area contributed by atoms with E-state index in [1.54, 1.807) is 12.4 Å². The number of hydrogen-bond acceptors (Lipinski definition) is 3. The fourth-order valence-electron chi connectivity index (χ4n) is 4.39. The maximum atomic E-state index is 13.4. The maximum Gasteiger partial charge on any atom is 0.416 e. The van der Waals surface area contributed by atoms with E-state index in [0.717, 1.165) is 11.1 Å². The van der Waals surface area contributed by atoms with Gasteiger partial charge in [0.15, 0.2) is 0 Å². The van der Waals surface area contributed by atoms with Crippen LogP contribution in [0.25, 0.3) is 0 Å². The molecule has 1 amide bonds. The van der Waals surface area contributed by atoms with Crippen LogP contribution in [0, 0.1) is 0 Å². The predicted octanol–water partition coefficient (Wildman–Crippen LogP) is 5.69. The number of alkyl halides is 6. The van der Waals surface area contributed by atoms with E-state index in [-0.39, 0.29) is 12.6 Å². The lowest BCUT2D eigenvalue weighted by Crippen LogP contribution is -2.55. The molecular formula is C26H23F6N3O. The fraction of sp³-hybridized carbons (Fsp3) is 0.308. The number of halogens is 6. The van der Waals surface area contributed by atoms with Crippen molar-refractivity contribution in [1.29, 1.82) is 0 Å². The van der Waals surface area contributed by atoms with Gasteiger partial charge in [0.25, 0.3) is 5.91 Å². The van der Waals surface area contributed by atoms with Crippen molar-refractivity contribution in [3.8, 4) is 0 Å². The smallest absolute Gasteiger partial charge is 0.333 e. The Hall–Kier alpha value is -3.40. The topological polar surface area (TPSA) is 36.4 Å². The van der Waals surface area contributed by atoms with Crippen LogP contribution in [0.4, 0.5) is 26.3 Å². The highest BCUT2D eigenvalue weighted by atomic mass is 19.4. The number of piperazine rings is 1. The number of benzene rings is 2. The normalized spacial score (nSPS) is 17.3. The SMILES string of the molecule is O=C(c1cc(C(F)(F)F)cc(C(F)(F)F)c1)N1CCN(Cc2cccnc2)CC1Cc1ccccc1. The maximum absolute atomic E-state index is 13.4. The second-order valence-electron chi connectivity index (χ2n) is 8.73. The van der Waals surface area contributed by atoms with Crippen LogP contribution in [0.3, 0.4) is 0 Å². The van der Waals surface area contributed by atoms with Crippen LogP contribution < -0.4 is 0 Å². The van der Waals surface area contributed by atoms with Crippen molar-refractivity contribution < 1.29 is 31.1 Å². The van der Waals surface area contributed by atoms with Gasteiger partial charge < -0.3 is 4.90 Å². The van der Waals surface area contributed by atoms with Gasteiger partial charge in [-0.2, -0.15) is 26.3 Å². The summed E-state index contributed by atoms with van der Waals surface area (Å²) in [7, 11) is 0. The Balaban J connectivity index is 1.64. The summed E-state index contributed by atoms with van der Waals surface area (Å²) in [6, 6.07) is 13.5. The molecule has 3 aromatic rings. The van der Waals surface area contributed by atoms with Crippen molar-refractivity contribution in [2.24, 2.45) is 0 Å². The molecule has 4 rings (SSSR count). The molecule has 10 heteroatoms. The highest BCUT2D eigenvalue weighted by Gasteiger charge is 2.39. The molecular weight excluding hydrogens is 484 g/mol. The Labute approximate surface area is 204 Å². The van der Waals surface area contributed by atoms with Gasteiger partial charge in [0.2, 0.25) is 0 Å². The second kappa shape index (κ2) is 10.3. The summed E-state index contributed by atoms with van der Waals surface area (Å²) in [5.74, 6) is -0.853. The molecule has 0 saturated carbocycles. The zero-order chi connectivity index (χ0) is 25.9. The largest absolute Gasteiger partial charge is 0.416 e. The highest BCUT2D eigenvalue weighted by Crippen LogP contribution is 2.37. The van der Waals surface area contributed by atoms with Gasteiger partial charge in [-0.1, -0.05) is 36.4 Å². The molecule has 1 aromatic heterocycles. The van der Waals surface area contributed by atoms with Crippen molar-refractivity contribution in [2.75, 3.05) is 19.6 Å². The van der Waals surface area contributed by atoms with E-state index >= 15 is 0 Å². The summed E-state index contributed by atoms with van der Waals surface area (Å²) in [6.45, 7) is 1.54. The Morgan fingerprint density at radius 3 is 2.08 bits per heavy atom. The monoisotopic (exact) mass is 507 g/mol. The van der Waals surface area contributed by atoms with Crippen LogP contribution >= 0.6 is 0 Å². The van der Waals surface area contributed by atoms with E-state index in [0.29, 0.717) is 38.2 Å². The Morgan fingerprint density at radius 2 is 1.50 bits per heavy atom. The van der Waals surface area contributed by atoms with E-state index < -0.39 is 41.0 Å². The summed E-state index contributed by atoms with van der Waals surface area (Å²) < 4.78 is 80.2. The molecule has 0 N–H and O–H groups in total. The number of nitrogens with zero attached hydrogens (tertiary/aromatic N) is 3. The molecule has 190 valence electrons. The minimum Gasteiger partial charge on any atom is -0.333 e. The van der Waals surface area contributed by atoms with Crippen molar-refractivity contribution >= 4 is 5.91 Å². The summed E-state index contributed by atoms with van der Waals surface area (Å²) in [6.07, 6.45) is -6.26. The fourth-order valence-corrected chi connectivity index (χ4v) is 4.39. The number of aromatic nitrogens is 1. The molecule has 1 atom stereocenters. The molecule has 36 heavy (non-hydrogen) atoms. The molecule has 0 bridgehead atoms. The first-order chi connectivity index (χ1) is 17.0. The summed E-state index contributed by atoms with van der Waals surface area (Å²) in [5.41, 5.74) is -1.77. The van der Waals surface area contributed by atoms with Crippen LogP contribution in [0.15, 0.2) is 73.1 Å². The lowest BCUT2D eigenvalue weighted by molar-refractivity contribution is -0.143. The van der Waals surface area contributed by atoms with Gasteiger partial charge in [-0.3, -0.25) is 14.7 Å². The molecule has 1 fully saturated rings. The van der Waals surface area contributed by atoms with Crippen molar-refractivity contribution in [1.82, 2.24) is 14.8 Å². The first-order valence-corrected chi connectivity index (χ1v) is 11.3. The predicted molar refractivity (Wildman–Crippen MR) is 121 cm³/mol. The molecule has 2 aromatic carbocycles. The number of rotatable bonds is 5. The van der Waals surface area contributed by atoms with Gasteiger partial charge in [-0.05, 0) is 41.8 Å². The molecule has 4 nitrogen and oxygen atoms in total. The van der Waals surface area contributed by atoms with Crippen LogP contribution in [0.5, 0.6) is 0 Å². The lowest BCUT2D eigenvalue weighted by atomic mass is 9.99. The van der Waals surface area contributed by atoms with E-state index in [1.807, 2.05) is 42.5 Å². The summed E-state index contributed by atoms with van der Waals surface area (Å²) in [4.78, 5) is 21.0. The van der Waals surface area contributed by atoms with E-state index in [1.165, 1.54) is 4.90 Å². The van der Waals surface area contributed by atoms with Crippen LogP contribution in [0.1, 0.15) is 32.6 Å². The average molecular weight is 507 g/mol. The quantitative estimate of drug-likeness (QED) is 0.417. The van der Waals surface area contributed by atoms with Gasteiger partial charge in [0.05, 0.1) is 11.1 Å². The highest BCUT2D eigenvalue weighted by molar-refractivity contribution is 5.95. The molecule has 0 spiro atoms. The van der Waals surface area contributed by atoms with Gasteiger partial charge in [0, 0.05) is 50.2 Å². The van der Waals surface area contributed by atoms with E-state index in [4.69, 9.17) is 0 Å². The Kier molecular flexibility index (Phi) is 7.35. The average Bonchev–Trinajstić information content (AvgIpc) is 2.84. The molecule has 1 saturated heterocycles. The van der Waals surface area contributed by atoms with Crippen LogP contribution in [-0.4, -0.2) is 46.4 Å². The minimum absolute atomic E-state index is 0.0318. The van der Waals surface area contributed by atoms with Crippen LogP contribution in [0.2, 0.25) is 0 Å². The van der Waals surface area contributed by atoms with Crippen molar-refractivity contribution in [3.05, 3.63) is 101 Å². The van der Waals surface area contributed by atoms with E-state index in [2.05, 4.69) is 9.88 Å². The zero-order valence-electron chi connectivity index (χ0n) is 19.1. The second-order valence-corrected chi connectivity index (χ2v) is 8.73. The molecule has 0 aliphatic carbocycles. The Morgan fingerprint density at radius 1 is 0.861 bits per heavy atom. The van der Waals surface area contributed by atoms with Crippen LogP contribution in [-0.2, 0) is 25.3 Å². The lowest BCUT2D eigenvalue weighted by Gasteiger charge is -2.42. The van der Waals surface area contributed by atoms with Gasteiger partial charge in [-0.25, -0.2) is 0 Å². The molecule has 2 heterocycles. The summed E-state index contributed by atoms with van der Waals surface area (Å²) >= 11 is 0. The summed E-state index contributed by atoms with van der Waals surface area (Å²) in [5, 5.41) is 0. The molecule has 1 aliphatic heterocycles. The van der Waals surface area contributed by atoms with Gasteiger partial charge in [-0.15, -0.1) is 0 Å². The van der Waals surface area contributed by atoms with Crippen molar-refractivity contribution in [3.63, 3.8) is 0 Å². The minimum atomic E-state index is -5.03. The number of amides is 1. The third-order valence-corrected chi connectivity index (χ3v) is 6.11.